The van der Waals surface area contributed by atoms with Crippen LogP contribution in [-0.2, 0) is 5.41 Å². The van der Waals surface area contributed by atoms with Crippen molar-refractivity contribution in [2.45, 2.75) is 31.1 Å². The van der Waals surface area contributed by atoms with Gasteiger partial charge in [0.05, 0.1) is 11.3 Å². The second kappa shape index (κ2) is 8.75. The molecule has 1 spiro atoms. The van der Waals surface area contributed by atoms with Crippen LogP contribution in [-0.4, -0.2) is 50.3 Å². The summed E-state index contributed by atoms with van der Waals surface area (Å²) in [4.78, 5) is 16.1. The third kappa shape index (κ3) is 3.47. The molecule has 4 aliphatic rings. The van der Waals surface area contributed by atoms with Crippen LogP contribution in [0.4, 0.5) is 22.7 Å². The molecule has 0 bridgehead atoms. The Morgan fingerprint density at radius 3 is 2.13 bits per heavy atom. The van der Waals surface area contributed by atoms with E-state index in [1.807, 2.05) is 31.1 Å². The number of nitrogens with zero attached hydrogens (tertiary/aromatic N) is 2. The Kier molecular flexibility index (Phi) is 5.50. The van der Waals surface area contributed by atoms with E-state index in [2.05, 4.69) is 53.7 Å². The summed E-state index contributed by atoms with van der Waals surface area (Å²) in [5.41, 5.74) is 6.59. The minimum absolute atomic E-state index is 0.184. The van der Waals surface area contributed by atoms with E-state index in [1.165, 1.54) is 31.4 Å². The number of rotatable bonds is 10. The van der Waals surface area contributed by atoms with Gasteiger partial charge in [-0.3, -0.25) is 0 Å². The summed E-state index contributed by atoms with van der Waals surface area (Å²) in [6.07, 6.45) is 5.83. The Labute approximate surface area is 230 Å². The number of nitrogens with one attached hydrogen (secondary N) is 1. The van der Waals surface area contributed by atoms with Crippen LogP contribution in [0.25, 0.3) is 0 Å². The molecule has 4 aliphatic carbocycles. The molecule has 6 nitrogen and oxygen atoms in total. The maximum atomic E-state index is 11.9. The van der Waals surface area contributed by atoms with E-state index in [4.69, 9.17) is 4.74 Å². The van der Waals surface area contributed by atoms with Crippen LogP contribution in [0.2, 0.25) is 0 Å². The van der Waals surface area contributed by atoms with Gasteiger partial charge in [-0.05, 0) is 123 Å². The molecule has 0 amide bonds. The fourth-order valence-corrected chi connectivity index (χ4v) is 8.74. The number of likely N-dealkylation sites (N-methyl/N-ethyl adjacent to an activating group) is 1. The number of benzene rings is 3. The molecular formula is C33H37N3O3. The lowest BCUT2D eigenvalue weighted by Crippen LogP contribution is -2.87. The monoisotopic (exact) mass is 523 g/mol. The van der Waals surface area contributed by atoms with Gasteiger partial charge in [-0.15, -0.1) is 0 Å². The molecule has 0 heterocycles. The second-order valence-electron chi connectivity index (χ2n) is 12.4. The van der Waals surface area contributed by atoms with E-state index in [1.54, 1.807) is 23.8 Å². The van der Waals surface area contributed by atoms with Gasteiger partial charge < -0.3 is 25.0 Å². The maximum absolute atomic E-state index is 11.9. The fraction of sp³-hybridized carbons (Fsp3) is 0.424. The molecule has 0 aliphatic heterocycles. The van der Waals surface area contributed by atoms with E-state index in [0.717, 1.165) is 35.7 Å². The Balaban J connectivity index is 1.02. The molecule has 39 heavy (non-hydrogen) atoms. The molecule has 6 heteroatoms. The molecule has 202 valence electrons. The van der Waals surface area contributed by atoms with E-state index >= 15 is 0 Å². The van der Waals surface area contributed by atoms with Crippen LogP contribution in [0.3, 0.4) is 0 Å². The molecule has 2 N–H and O–H groups in total. The van der Waals surface area contributed by atoms with Gasteiger partial charge in [0.1, 0.15) is 12.4 Å². The summed E-state index contributed by atoms with van der Waals surface area (Å²) in [5, 5.41) is 13.0. The Morgan fingerprint density at radius 2 is 1.56 bits per heavy atom. The fourth-order valence-electron chi connectivity index (χ4n) is 8.74. The molecule has 3 aromatic carbocycles. The highest BCUT2D eigenvalue weighted by Crippen LogP contribution is 2.92. The summed E-state index contributed by atoms with van der Waals surface area (Å²) >= 11 is 0. The van der Waals surface area contributed by atoms with Crippen molar-refractivity contribution in [1.29, 1.82) is 0 Å². The zero-order chi connectivity index (χ0) is 26.9. The molecule has 3 aromatic rings. The number of hydrogen-bond acceptors (Lipinski definition) is 5. The number of carboxylic acid groups (broad SMARTS) is 1. The molecule has 0 saturated heterocycles. The minimum Gasteiger partial charge on any atom is -0.492 e. The molecule has 4 fully saturated rings. The standard InChI is InChI=1S/C33H37N3O3/c1-35(2)14-15-39-28-12-13-30(29(18-28)31(37)38)34-25-6-10-27(11-7-25)36(3)26-8-4-21(5-9-26)32-19-23-16-22-17-24(20-32)33(22,23)32/h4-13,18,22-24,34H,14-17,19-20H2,1-3H3,(H,37,38). The van der Waals surface area contributed by atoms with E-state index < -0.39 is 5.97 Å². The lowest BCUT2D eigenvalue weighted by atomic mass is 9.12. The normalized spacial score (nSPS) is 29.1. The van der Waals surface area contributed by atoms with Gasteiger partial charge >= 0.3 is 5.97 Å². The van der Waals surface area contributed by atoms with Crippen molar-refractivity contribution in [2.24, 2.45) is 23.2 Å². The summed E-state index contributed by atoms with van der Waals surface area (Å²) in [6, 6.07) is 22.6. The SMILES string of the molecule is CN(C)CCOc1ccc(Nc2ccc(N(C)c3ccc(C45CC6CC7CC(C4)C765)cc3)cc2)c(C(=O)O)c1. The van der Waals surface area contributed by atoms with Crippen molar-refractivity contribution >= 4 is 28.7 Å². The van der Waals surface area contributed by atoms with Crippen molar-refractivity contribution in [3.8, 4) is 5.75 Å². The largest absolute Gasteiger partial charge is 0.492 e. The lowest BCUT2D eigenvalue weighted by Gasteiger charge is -2.91. The van der Waals surface area contributed by atoms with Crippen molar-refractivity contribution in [1.82, 2.24) is 4.90 Å². The number of aromatic carboxylic acids is 1. The Morgan fingerprint density at radius 1 is 0.923 bits per heavy atom. The van der Waals surface area contributed by atoms with Crippen molar-refractivity contribution in [3.05, 3.63) is 77.9 Å². The summed E-state index contributed by atoms with van der Waals surface area (Å²) in [6.45, 7) is 1.26. The number of hydrogen-bond donors (Lipinski definition) is 2. The average Bonchev–Trinajstić information content (AvgIpc) is 2.88. The summed E-state index contributed by atoms with van der Waals surface area (Å²) in [7, 11) is 6.04. The average molecular weight is 524 g/mol. The molecular weight excluding hydrogens is 486 g/mol. The van der Waals surface area contributed by atoms with Gasteiger partial charge in [0, 0.05) is 36.1 Å². The van der Waals surface area contributed by atoms with E-state index in [-0.39, 0.29) is 5.56 Å². The first-order valence-corrected chi connectivity index (χ1v) is 14.2. The second-order valence-corrected chi connectivity index (χ2v) is 12.4. The first kappa shape index (κ1) is 24.5. The quantitative estimate of drug-likeness (QED) is 0.315. The smallest absolute Gasteiger partial charge is 0.337 e. The zero-order valence-electron chi connectivity index (χ0n) is 23.0. The van der Waals surface area contributed by atoms with Crippen LogP contribution in [0.5, 0.6) is 5.75 Å². The van der Waals surface area contributed by atoms with Crippen LogP contribution in [0, 0.1) is 23.2 Å². The van der Waals surface area contributed by atoms with Crippen LogP contribution in [0.1, 0.15) is 41.6 Å². The number of anilines is 4. The van der Waals surface area contributed by atoms with Crippen molar-refractivity contribution in [3.63, 3.8) is 0 Å². The number of ether oxygens (including phenoxy) is 1. The van der Waals surface area contributed by atoms with E-state index in [9.17, 15) is 9.90 Å². The van der Waals surface area contributed by atoms with Crippen molar-refractivity contribution in [2.75, 3.05) is 44.5 Å². The predicted molar refractivity (Wildman–Crippen MR) is 155 cm³/mol. The van der Waals surface area contributed by atoms with Gasteiger partial charge in [-0.2, -0.15) is 0 Å². The third-order valence-corrected chi connectivity index (χ3v) is 10.6. The minimum atomic E-state index is -0.991. The van der Waals surface area contributed by atoms with Crippen LogP contribution < -0.4 is 15.0 Å². The molecule has 2 atom stereocenters. The predicted octanol–water partition coefficient (Wildman–Crippen LogP) is 6.52. The molecule has 2 unspecified atom stereocenters. The molecule has 0 radical (unpaired) electrons. The van der Waals surface area contributed by atoms with Gasteiger partial charge in [0.2, 0.25) is 0 Å². The molecule has 4 saturated carbocycles. The van der Waals surface area contributed by atoms with Gasteiger partial charge in [0.25, 0.3) is 0 Å². The highest BCUT2D eigenvalue weighted by molar-refractivity contribution is 5.95. The number of carboxylic acids is 1. The number of carbonyl (C=O) groups is 1. The first-order chi connectivity index (χ1) is 18.8. The lowest BCUT2D eigenvalue weighted by molar-refractivity contribution is -0.395. The van der Waals surface area contributed by atoms with Gasteiger partial charge in [0.15, 0.2) is 0 Å². The third-order valence-electron chi connectivity index (χ3n) is 10.6. The highest BCUT2D eigenvalue weighted by Gasteiger charge is 2.87. The Bertz CT molecular complexity index is 1390. The van der Waals surface area contributed by atoms with Crippen LogP contribution in [0.15, 0.2) is 66.7 Å². The molecule has 0 aromatic heterocycles. The Hall–Kier alpha value is -3.51. The molecule has 7 rings (SSSR count). The highest BCUT2D eigenvalue weighted by atomic mass is 16.5. The summed E-state index contributed by atoms with van der Waals surface area (Å²) < 4.78 is 5.72. The van der Waals surface area contributed by atoms with Crippen molar-refractivity contribution < 1.29 is 14.6 Å². The topological polar surface area (TPSA) is 65.0 Å². The van der Waals surface area contributed by atoms with Gasteiger partial charge in [-0.1, -0.05) is 12.1 Å². The maximum Gasteiger partial charge on any atom is 0.337 e. The first-order valence-electron chi connectivity index (χ1n) is 14.2. The van der Waals surface area contributed by atoms with Crippen LogP contribution >= 0.6 is 0 Å². The van der Waals surface area contributed by atoms with Gasteiger partial charge in [-0.25, -0.2) is 4.79 Å². The summed E-state index contributed by atoms with van der Waals surface area (Å²) in [5.74, 6) is 2.63. The zero-order valence-corrected chi connectivity index (χ0v) is 23.0. The van der Waals surface area contributed by atoms with E-state index in [0.29, 0.717) is 28.9 Å².